The normalized spacial score (nSPS) is 14.0. The van der Waals surface area contributed by atoms with E-state index in [1.54, 1.807) is 18.2 Å². The van der Waals surface area contributed by atoms with E-state index in [9.17, 15) is 0 Å². The molecule has 0 aliphatic carbocycles. The SMILES string of the molecule is C=CCCCCn1c2c(c3cc(C)ccc31)CN(C)CC2.CC=N. The predicted molar refractivity (Wildman–Crippen MR) is 105 cm³/mol. The van der Waals surface area contributed by atoms with Gasteiger partial charge in [0.2, 0.25) is 0 Å². The summed E-state index contributed by atoms with van der Waals surface area (Å²) in [4.78, 5) is 2.44. The topological polar surface area (TPSA) is 32.0 Å². The summed E-state index contributed by atoms with van der Waals surface area (Å²) in [7, 11) is 2.23. The summed E-state index contributed by atoms with van der Waals surface area (Å²) < 4.78 is 2.58. The van der Waals surface area contributed by atoms with Crippen LogP contribution in [0.3, 0.4) is 0 Å². The number of aryl methyl sites for hydroxylation is 2. The fourth-order valence-electron chi connectivity index (χ4n) is 3.51. The van der Waals surface area contributed by atoms with Crippen molar-refractivity contribution in [3.05, 3.63) is 47.7 Å². The molecule has 0 unspecified atom stereocenters. The van der Waals surface area contributed by atoms with Crippen LogP contribution in [0.5, 0.6) is 0 Å². The van der Waals surface area contributed by atoms with Crippen molar-refractivity contribution in [3.8, 4) is 0 Å². The van der Waals surface area contributed by atoms with Gasteiger partial charge in [0.15, 0.2) is 0 Å². The molecule has 0 atom stereocenters. The highest BCUT2D eigenvalue weighted by Crippen LogP contribution is 2.31. The van der Waals surface area contributed by atoms with Gasteiger partial charge in [-0.1, -0.05) is 17.7 Å². The quantitative estimate of drug-likeness (QED) is 0.471. The second kappa shape index (κ2) is 8.84. The van der Waals surface area contributed by atoms with Crippen molar-refractivity contribution in [2.24, 2.45) is 0 Å². The van der Waals surface area contributed by atoms with E-state index in [-0.39, 0.29) is 0 Å². The summed E-state index contributed by atoms with van der Waals surface area (Å²) in [6.45, 7) is 11.1. The Kier molecular flexibility index (Phi) is 6.80. The van der Waals surface area contributed by atoms with Crippen molar-refractivity contribution in [1.82, 2.24) is 9.47 Å². The summed E-state index contributed by atoms with van der Waals surface area (Å²) >= 11 is 0. The minimum absolute atomic E-state index is 1.09. The predicted octanol–water partition coefficient (Wildman–Crippen LogP) is 4.95. The molecule has 0 spiro atoms. The maximum Gasteiger partial charge on any atom is 0.0486 e. The Morgan fingerprint density at radius 3 is 2.75 bits per heavy atom. The van der Waals surface area contributed by atoms with Crippen LogP contribution in [0, 0.1) is 12.3 Å². The van der Waals surface area contributed by atoms with Gasteiger partial charge in [0, 0.05) is 42.7 Å². The molecular formula is C21H31N3. The van der Waals surface area contributed by atoms with Crippen LogP contribution in [0.2, 0.25) is 0 Å². The third-order valence-corrected chi connectivity index (χ3v) is 4.64. The first kappa shape index (κ1) is 18.5. The van der Waals surface area contributed by atoms with Gasteiger partial charge in [-0.3, -0.25) is 0 Å². The summed E-state index contributed by atoms with van der Waals surface area (Å²) in [6.07, 6.45) is 8.07. The third-order valence-electron chi connectivity index (χ3n) is 4.64. The van der Waals surface area contributed by atoms with Gasteiger partial charge < -0.3 is 14.9 Å². The molecule has 1 aromatic heterocycles. The van der Waals surface area contributed by atoms with Crippen molar-refractivity contribution < 1.29 is 0 Å². The maximum absolute atomic E-state index is 6.08. The molecule has 2 aromatic rings. The highest BCUT2D eigenvalue weighted by molar-refractivity contribution is 5.86. The number of allylic oxidation sites excluding steroid dienone is 1. The zero-order valence-electron chi connectivity index (χ0n) is 15.4. The molecular weight excluding hydrogens is 294 g/mol. The Hall–Kier alpha value is -1.87. The molecule has 0 bridgehead atoms. The van der Waals surface area contributed by atoms with E-state index in [0.717, 1.165) is 19.5 Å². The number of hydrogen-bond donors (Lipinski definition) is 1. The average Bonchev–Trinajstić information content (AvgIpc) is 2.85. The van der Waals surface area contributed by atoms with Gasteiger partial charge in [0.25, 0.3) is 0 Å². The first-order valence-electron chi connectivity index (χ1n) is 8.97. The van der Waals surface area contributed by atoms with Crippen molar-refractivity contribution in [2.45, 2.75) is 52.6 Å². The number of nitrogens with one attached hydrogen (secondary N) is 1. The molecule has 3 heteroatoms. The summed E-state index contributed by atoms with van der Waals surface area (Å²) in [6, 6.07) is 6.93. The summed E-state index contributed by atoms with van der Waals surface area (Å²) in [5.74, 6) is 0. The summed E-state index contributed by atoms with van der Waals surface area (Å²) in [5, 5.41) is 7.56. The van der Waals surface area contributed by atoms with Gasteiger partial charge in [-0.05, 0) is 64.1 Å². The number of hydrogen-bond acceptors (Lipinski definition) is 2. The fourth-order valence-corrected chi connectivity index (χ4v) is 3.51. The van der Waals surface area contributed by atoms with E-state index < -0.39 is 0 Å². The van der Waals surface area contributed by atoms with Crippen LogP contribution in [0.1, 0.15) is 43.0 Å². The lowest BCUT2D eigenvalue weighted by Crippen LogP contribution is -2.27. The Morgan fingerprint density at radius 2 is 2.04 bits per heavy atom. The number of fused-ring (bicyclic) bond motifs is 3. The van der Waals surface area contributed by atoms with Gasteiger partial charge in [0.1, 0.15) is 0 Å². The van der Waals surface area contributed by atoms with Gasteiger partial charge in [-0.25, -0.2) is 0 Å². The highest BCUT2D eigenvalue weighted by atomic mass is 15.1. The van der Waals surface area contributed by atoms with Gasteiger partial charge >= 0.3 is 0 Å². The minimum Gasteiger partial charge on any atom is -0.344 e. The van der Waals surface area contributed by atoms with E-state index in [4.69, 9.17) is 5.41 Å². The second-order valence-corrected chi connectivity index (χ2v) is 6.66. The van der Waals surface area contributed by atoms with Crippen molar-refractivity contribution in [3.63, 3.8) is 0 Å². The molecule has 0 amide bonds. The number of rotatable bonds is 5. The number of nitrogens with zero attached hydrogens (tertiary/aromatic N) is 2. The number of benzene rings is 1. The van der Waals surface area contributed by atoms with Crippen LogP contribution in [0.25, 0.3) is 10.9 Å². The smallest absolute Gasteiger partial charge is 0.0486 e. The number of unbranched alkanes of at least 4 members (excludes halogenated alkanes) is 2. The van der Waals surface area contributed by atoms with Crippen LogP contribution in [-0.4, -0.2) is 29.3 Å². The van der Waals surface area contributed by atoms with Gasteiger partial charge in [-0.2, -0.15) is 0 Å². The first-order chi connectivity index (χ1) is 11.6. The molecule has 1 N–H and O–H groups in total. The molecule has 0 saturated heterocycles. The molecule has 1 aliphatic rings. The largest absolute Gasteiger partial charge is 0.344 e. The standard InChI is InChI=1S/C19H26N2.C2H5N/c1-4-5-6-7-11-21-18-9-8-15(2)13-16(18)17-14-20(3)12-10-19(17)21;1-2-3/h4,8-9,13H,1,5-7,10-12,14H2,2-3H3;2-3H,1H3. The van der Waals surface area contributed by atoms with E-state index in [0.29, 0.717) is 0 Å². The Balaban J connectivity index is 0.000000647. The van der Waals surface area contributed by atoms with E-state index in [1.165, 1.54) is 48.5 Å². The highest BCUT2D eigenvalue weighted by Gasteiger charge is 2.21. The van der Waals surface area contributed by atoms with Crippen molar-refractivity contribution >= 4 is 17.1 Å². The maximum atomic E-state index is 6.08. The number of likely N-dealkylation sites (N-methyl/N-ethyl adjacent to an activating group) is 1. The van der Waals surface area contributed by atoms with E-state index in [1.807, 2.05) is 6.08 Å². The van der Waals surface area contributed by atoms with Gasteiger partial charge in [0.05, 0.1) is 0 Å². The molecule has 3 nitrogen and oxygen atoms in total. The zero-order chi connectivity index (χ0) is 17.5. The molecule has 3 rings (SSSR count). The zero-order valence-corrected chi connectivity index (χ0v) is 15.4. The Morgan fingerprint density at radius 1 is 1.29 bits per heavy atom. The minimum atomic E-state index is 1.09. The fraction of sp³-hybridized carbons (Fsp3) is 0.476. The van der Waals surface area contributed by atoms with E-state index >= 15 is 0 Å². The van der Waals surface area contributed by atoms with Crippen molar-refractivity contribution in [2.75, 3.05) is 13.6 Å². The molecule has 0 radical (unpaired) electrons. The molecule has 130 valence electrons. The molecule has 0 fully saturated rings. The lowest BCUT2D eigenvalue weighted by Gasteiger charge is -2.24. The van der Waals surface area contributed by atoms with Crippen LogP contribution >= 0.6 is 0 Å². The van der Waals surface area contributed by atoms with E-state index in [2.05, 4.69) is 48.2 Å². The third kappa shape index (κ3) is 4.15. The monoisotopic (exact) mass is 325 g/mol. The molecule has 1 aromatic carbocycles. The lowest BCUT2D eigenvalue weighted by atomic mass is 10.0. The van der Waals surface area contributed by atoms with Gasteiger partial charge in [-0.15, -0.1) is 6.58 Å². The Bertz CT molecular complexity index is 697. The van der Waals surface area contributed by atoms with Crippen LogP contribution in [-0.2, 0) is 19.5 Å². The number of aromatic nitrogens is 1. The van der Waals surface area contributed by atoms with Crippen LogP contribution in [0.4, 0.5) is 0 Å². The average molecular weight is 326 g/mol. The van der Waals surface area contributed by atoms with Crippen molar-refractivity contribution in [1.29, 1.82) is 5.41 Å². The Labute approximate surface area is 146 Å². The van der Waals surface area contributed by atoms with Crippen LogP contribution < -0.4 is 0 Å². The first-order valence-corrected chi connectivity index (χ1v) is 8.97. The lowest BCUT2D eigenvalue weighted by molar-refractivity contribution is 0.309. The molecule has 0 saturated carbocycles. The summed E-state index contributed by atoms with van der Waals surface area (Å²) in [5.41, 5.74) is 5.93. The van der Waals surface area contributed by atoms with Crippen LogP contribution in [0.15, 0.2) is 30.9 Å². The second-order valence-electron chi connectivity index (χ2n) is 6.66. The molecule has 24 heavy (non-hydrogen) atoms. The molecule has 1 aliphatic heterocycles. The molecule has 2 heterocycles.